The van der Waals surface area contributed by atoms with Crippen LogP contribution in [0, 0.1) is 5.82 Å². The molecule has 0 saturated heterocycles. The van der Waals surface area contributed by atoms with Crippen molar-refractivity contribution in [2.75, 3.05) is 0 Å². The third kappa shape index (κ3) is 2.60. The van der Waals surface area contributed by atoms with Crippen LogP contribution in [-0.2, 0) is 12.8 Å². The summed E-state index contributed by atoms with van der Waals surface area (Å²) in [4.78, 5) is 11.4. The zero-order chi connectivity index (χ0) is 15.0. The van der Waals surface area contributed by atoms with E-state index in [9.17, 15) is 14.3 Å². The van der Waals surface area contributed by atoms with Gasteiger partial charge in [0.1, 0.15) is 11.5 Å². The van der Waals surface area contributed by atoms with Crippen molar-refractivity contribution in [3.8, 4) is 5.69 Å². The third-order valence-electron chi connectivity index (χ3n) is 3.77. The minimum absolute atomic E-state index is 0.0475. The Labute approximate surface area is 129 Å². The average Bonchev–Trinajstić information content (AvgIpc) is 2.64. The van der Waals surface area contributed by atoms with E-state index in [2.05, 4.69) is 21.0 Å². The molecule has 0 radical (unpaired) electrons. The molecule has 21 heavy (non-hydrogen) atoms. The van der Waals surface area contributed by atoms with Gasteiger partial charge in [0, 0.05) is 15.7 Å². The van der Waals surface area contributed by atoms with Crippen molar-refractivity contribution in [2.45, 2.75) is 32.1 Å². The summed E-state index contributed by atoms with van der Waals surface area (Å²) in [5.74, 6) is -1.47. The summed E-state index contributed by atoms with van der Waals surface area (Å²) in [5.41, 5.74) is 1.91. The monoisotopic (exact) mass is 352 g/mol. The summed E-state index contributed by atoms with van der Waals surface area (Å²) in [5, 5.41) is 13.5. The van der Waals surface area contributed by atoms with Crippen LogP contribution in [0.15, 0.2) is 22.7 Å². The summed E-state index contributed by atoms with van der Waals surface area (Å²) >= 11 is 3.32. The number of benzene rings is 1. The molecule has 0 unspecified atom stereocenters. The molecule has 1 aromatic heterocycles. The second-order valence-electron chi connectivity index (χ2n) is 5.15. The fourth-order valence-electron chi connectivity index (χ4n) is 2.79. The molecule has 0 bridgehead atoms. The SMILES string of the molecule is O=C(O)c1nn(-c2cc(Br)ccc2F)c2c1CCCCC2. The molecule has 110 valence electrons. The molecular formula is C15H14BrFN2O2. The molecule has 0 amide bonds. The molecule has 4 nitrogen and oxygen atoms in total. The number of carboxylic acids is 1. The quantitative estimate of drug-likeness (QED) is 0.837. The lowest BCUT2D eigenvalue weighted by molar-refractivity contribution is 0.0688. The number of halogens is 2. The van der Waals surface area contributed by atoms with Crippen LogP contribution >= 0.6 is 15.9 Å². The Morgan fingerprint density at radius 2 is 2.05 bits per heavy atom. The Hall–Kier alpha value is -1.69. The maximum atomic E-state index is 14.1. The number of nitrogens with zero attached hydrogens (tertiary/aromatic N) is 2. The maximum Gasteiger partial charge on any atom is 0.356 e. The van der Waals surface area contributed by atoms with Crippen LogP contribution < -0.4 is 0 Å². The lowest BCUT2D eigenvalue weighted by Gasteiger charge is -2.09. The van der Waals surface area contributed by atoms with Gasteiger partial charge in [-0.2, -0.15) is 5.10 Å². The molecule has 6 heteroatoms. The first-order valence-corrected chi connectivity index (χ1v) is 7.66. The maximum absolute atomic E-state index is 14.1. The highest BCUT2D eigenvalue weighted by atomic mass is 79.9. The van der Waals surface area contributed by atoms with Crippen LogP contribution in [-0.4, -0.2) is 20.9 Å². The van der Waals surface area contributed by atoms with E-state index >= 15 is 0 Å². The topological polar surface area (TPSA) is 55.1 Å². The van der Waals surface area contributed by atoms with Crippen LogP contribution in [0.3, 0.4) is 0 Å². The molecule has 3 rings (SSSR count). The largest absolute Gasteiger partial charge is 0.476 e. The van der Waals surface area contributed by atoms with Crippen LogP contribution in [0.2, 0.25) is 0 Å². The van der Waals surface area contributed by atoms with Gasteiger partial charge in [-0.15, -0.1) is 0 Å². The van der Waals surface area contributed by atoms with E-state index in [0.717, 1.165) is 41.4 Å². The van der Waals surface area contributed by atoms with Gasteiger partial charge >= 0.3 is 5.97 Å². The lowest BCUT2D eigenvalue weighted by Crippen LogP contribution is -2.06. The van der Waals surface area contributed by atoms with Gasteiger partial charge in [-0.1, -0.05) is 22.4 Å². The summed E-state index contributed by atoms with van der Waals surface area (Å²) in [6.45, 7) is 0. The molecule has 0 aliphatic heterocycles. The lowest BCUT2D eigenvalue weighted by atomic mass is 10.1. The second-order valence-corrected chi connectivity index (χ2v) is 6.06. The number of hydrogen-bond acceptors (Lipinski definition) is 2. The molecule has 0 atom stereocenters. The van der Waals surface area contributed by atoms with Crippen molar-refractivity contribution >= 4 is 21.9 Å². The minimum atomic E-state index is -1.05. The van der Waals surface area contributed by atoms with Crippen molar-refractivity contribution in [3.63, 3.8) is 0 Å². The number of carbonyl (C=O) groups is 1. The second kappa shape index (κ2) is 5.60. The van der Waals surface area contributed by atoms with Gasteiger partial charge in [-0.25, -0.2) is 13.9 Å². The van der Waals surface area contributed by atoms with E-state index < -0.39 is 11.8 Å². The Morgan fingerprint density at radius 1 is 1.29 bits per heavy atom. The number of fused-ring (bicyclic) bond motifs is 1. The van der Waals surface area contributed by atoms with Gasteiger partial charge in [0.15, 0.2) is 5.69 Å². The number of aromatic nitrogens is 2. The molecule has 0 fully saturated rings. The van der Waals surface area contributed by atoms with Crippen molar-refractivity contribution in [1.29, 1.82) is 0 Å². The molecule has 1 aliphatic rings. The van der Waals surface area contributed by atoms with Crippen LogP contribution in [0.1, 0.15) is 41.0 Å². The van der Waals surface area contributed by atoms with E-state index in [0.29, 0.717) is 6.42 Å². The highest BCUT2D eigenvalue weighted by Gasteiger charge is 2.25. The summed E-state index contributed by atoms with van der Waals surface area (Å²) in [7, 11) is 0. The Bertz CT molecular complexity index is 712. The van der Waals surface area contributed by atoms with Crippen molar-refractivity contribution < 1.29 is 14.3 Å². The standard InChI is InChI=1S/C15H14BrFN2O2/c16-9-6-7-11(17)13(8-9)19-12-5-3-1-2-4-10(12)14(18-19)15(20)21/h6-8H,1-5H2,(H,20,21). The third-order valence-corrected chi connectivity index (χ3v) is 4.26. The van der Waals surface area contributed by atoms with Gasteiger partial charge in [0.2, 0.25) is 0 Å². The normalized spacial score (nSPS) is 14.6. The number of carboxylic acid groups (broad SMARTS) is 1. The average molecular weight is 353 g/mol. The smallest absolute Gasteiger partial charge is 0.356 e. The van der Waals surface area contributed by atoms with E-state index in [1.807, 2.05) is 0 Å². The van der Waals surface area contributed by atoms with E-state index in [-0.39, 0.29) is 11.4 Å². The fourth-order valence-corrected chi connectivity index (χ4v) is 3.14. The predicted octanol–water partition coefficient (Wildman–Crippen LogP) is 3.74. The van der Waals surface area contributed by atoms with Gasteiger partial charge in [0.05, 0.1) is 0 Å². The first-order chi connectivity index (χ1) is 10.1. The van der Waals surface area contributed by atoms with Crippen molar-refractivity contribution in [3.05, 3.63) is 45.4 Å². The highest BCUT2D eigenvalue weighted by molar-refractivity contribution is 9.10. The van der Waals surface area contributed by atoms with E-state index in [1.165, 1.54) is 10.7 Å². The highest BCUT2D eigenvalue weighted by Crippen LogP contribution is 2.28. The molecule has 1 aliphatic carbocycles. The van der Waals surface area contributed by atoms with Gasteiger partial charge in [-0.05, 0) is 43.9 Å². The molecule has 1 heterocycles. The first kappa shape index (κ1) is 14.3. The molecule has 0 spiro atoms. The van der Waals surface area contributed by atoms with Crippen molar-refractivity contribution in [1.82, 2.24) is 9.78 Å². The van der Waals surface area contributed by atoms with Crippen LogP contribution in [0.5, 0.6) is 0 Å². The van der Waals surface area contributed by atoms with Gasteiger partial charge in [0.25, 0.3) is 0 Å². The van der Waals surface area contributed by atoms with Crippen molar-refractivity contribution in [2.24, 2.45) is 0 Å². The Kier molecular flexibility index (Phi) is 3.80. The molecule has 1 aromatic carbocycles. The summed E-state index contributed by atoms with van der Waals surface area (Å²) in [6.07, 6.45) is 4.37. The molecular weight excluding hydrogens is 339 g/mol. The van der Waals surface area contributed by atoms with Crippen LogP contribution in [0.25, 0.3) is 5.69 Å². The summed E-state index contributed by atoms with van der Waals surface area (Å²) < 4.78 is 16.3. The Balaban J connectivity index is 2.23. The fraction of sp³-hybridized carbons (Fsp3) is 0.333. The zero-order valence-corrected chi connectivity index (χ0v) is 12.9. The molecule has 2 aromatic rings. The first-order valence-electron chi connectivity index (χ1n) is 6.87. The Morgan fingerprint density at radius 3 is 2.81 bits per heavy atom. The van der Waals surface area contributed by atoms with Gasteiger partial charge < -0.3 is 5.11 Å². The summed E-state index contributed by atoms with van der Waals surface area (Å²) in [6, 6.07) is 4.59. The zero-order valence-electron chi connectivity index (χ0n) is 11.3. The predicted molar refractivity (Wildman–Crippen MR) is 79.4 cm³/mol. The molecule has 1 N–H and O–H groups in total. The molecule has 0 saturated carbocycles. The minimum Gasteiger partial charge on any atom is -0.476 e. The van der Waals surface area contributed by atoms with Crippen LogP contribution in [0.4, 0.5) is 4.39 Å². The number of hydrogen-bond donors (Lipinski definition) is 1. The van der Waals surface area contributed by atoms with E-state index in [1.54, 1.807) is 12.1 Å². The number of aromatic carboxylic acids is 1. The van der Waals surface area contributed by atoms with E-state index in [4.69, 9.17) is 0 Å². The van der Waals surface area contributed by atoms with Gasteiger partial charge in [-0.3, -0.25) is 0 Å². The number of rotatable bonds is 2.